The van der Waals surface area contributed by atoms with E-state index in [-0.39, 0.29) is 10.7 Å². The van der Waals surface area contributed by atoms with Crippen molar-refractivity contribution in [1.82, 2.24) is 14.5 Å². The lowest BCUT2D eigenvalue weighted by Gasteiger charge is -2.11. The van der Waals surface area contributed by atoms with E-state index in [0.717, 1.165) is 6.07 Å². The Hall–Kier alpha value is -2.28. The number of phenolic OH excluding ortho intramolecular Hbond substituents is 1. The van der Waals surface area contributed by atoms with Crippen molar-refractivity contribution < 1.29 is 18.3 Å². The number of imidazole rings is 1. The monoisotopic (exact) mass is 341 g/mol. The molecule has 0 saturated heterocycles. The number of aromatic hydroxyl groups is 1. The fourth-order valence-corrected chi connectivity index (χ4v) is 2.55. The summed E-state index contributed by atoms with van der Waals surface area (Å²) in [6, 6.07) is 6.14. The molecule has 8 heteroatoms. The molecule has 0 bridgehead atoms. The van der Waals surface area contributed by atoms with Crippen molar-refractivity contribution in [2.75, 3.05) is 0 Å². The van der Waals surface area contributed by atoms with Crippen LogP contribution in [0.5, 0.6) is 5.75 Å². The van der Waals surface area contributed by atoms with Gasteiger partial charge in [-0.05, 0) is 37.3 Å². The normalized spacial score (nSPS) is 12.0. The maximum absolute atomic E-state index is 12.7. The Morgan fingerprint density at radius 3 is 2.52 bits per heavy atom. The highest BCUT2D eigenvalue weighted by atomic mass is 35.5. The number of rotatable bonds is 2. The predicted octanol–water partition coefficient (Wildman–Crippen LogP) is 4.50. The molecule has 0 aliphatic rings. The summed E-state index contributed by atoms with van der Waals surface area (Å²) >= 11 is 5.84. The smallest absolute Gasteiger partial charge is 0.416 e. The second-order valence-electron chi connectivity index (χ2n) is 4.89. The second-order valence-corrected chi connectivity index (χ2v) is 5.27. The van der Waals surface area contributed by atoms with Crippen LogP contribution in [0.25, 0.3) is 22.6 Å². The number of halogens is 4. The molecule has 3 aromatic rings. The minimum absolute atomic E-state index is 0.203. The van der Waals surface area contributed by atoms with Crippen LogP contribution in [0.15, 0.2) is 30.3 Å². The Morgan fingerprint density at radius 2 is 1.91 bits per heavy atom. The van der Waals surface area contributed by atoms with E-state index in [9.17, 15) is 18.3 Å². The molecule has 0 fully saturated rings. The first-order valence-corrected chi connectivity index (χ1v) is 7.12. The summed E-state index contributed by atoms with van der Waals surface area (Å²) < 4.78 is 39.9. The summed E-state index contributed by atoms with van der Waals surface area (Å²) in [6.45, 7) is 2.37. The zero-order valence-corrected chi connectivity index (χ0v) is 12.7. The van der Waals surface area contributed by atoms with Gasteiger partial charge in [-0.2, -0.15) is 13.2 Å². The van der Waals surface area contributed by atoms with E-state index >= 15 is 0 Å². The van der Waals surface area contributed by atoms with Crippen LogP contribution in [0.1, 0.15) is 12.5 Å². The lowest BCUT2D eigenvalue weighted by Crippen LogP contribution is -2.05. The highest BCUT2D eigenvalue weighted by Gasteiger charge is 2.31. The van der Waals surface area contributed by atoms with Crippen LogP contribution >= 0.6 is 11.6 Å². The molecular formula is C15H11ClF3N3O. The van der Waals surface area contributed by atoms with Crippen molar-refractivity contribution in [3.63, 3.8) is 0 Å². The topological polar surface area (TPSA) is 50.9 Å². The molecule has 1 aromatic carbocycles. The molecule has 2 aromatic heterocycles. The van der Waals surface area contributed by atoms with Crippen molar-refractivity contribution in [3.05, 3.63) is 41.0 Å². The molecule has 0 unspecified atom stereocenters. The van der Waals surface area contributed by atoms with Crippen molar-refractivity contribution in [2.45, 2.75) is 19.6 Å². The number of benzene rings is 1. The van der Waals surface area contributed by atoms with Crippen LogP contribution in [-0.4, -0.2) is 19.6 Å². The van der Waals surface area contributed by atoms with Gasteiger partial charge in [0.25, 0.3) is 0 Å². The van der Waals surface area contributed by atoms with Gasteiger partial charge in [-0.3, -0.25) is 0 Å². The molecule has 0 aliphatic carbocycles. The minimum atomic E-state index is -4.52. The summed E-state index contributed by atoms with van der Waals surface area (Å²) in [7, 11) is 0. The third-order valence-electron chi connectivity index (χ3n) is 3.46. The van der Waals surface area contributed by atoms with E-state index in [1.165, 1.54) is 6.07 Å². The summed E-state index contributed by atoms with van der Waals surface area (Å²) in [4.78, 5) is 8.38. The molecule has 0 radical (unpaired) electrons. The maximum Gasteiger partial charge on any atom is 0.416 e. The fourth-order valence-electron chi connectivity index (χ4n) is 2.41. The molecular weight excluding hydrogens is 331 g/mol. The number of hydrogen-bond donors (Lipinski definition) is 1. The highest BCUT2D eigenvalue weighted by molar-refractivity contribution is 6.29. The van der Waals surface area contributed by atoms with E-state index in [0.29, 0.717) is 29.6 Å². The lowest BCUT2D eigenvalue weighted by atomic mass is 10.1. The van der Waals surface area contributed by atoms with Gasteiger partial charge < -0.3 is 9.67 Å². The van der Waals surface area contributed by atoms with Crippen molar-refractivity contribution >= 4 is 22.8 Å². The Balaban J connectivity index is 2.20. The van der Waals surface area contributed by atoms with Gasteiger partial charge in [0.05, 0.1) is 16.6 Å². The quantitative estimate of drug-likeness (QED) is 0.698. The molecule has 3 rings (SSSR count). The first kappa shape index (κ1) is 15.6. The zero-order valence-electron chi connectivity index (χ0n) is 11.9. The van der Waals surface area contributed by atoms with Crippen LogP contribution in [0, 0.1) is 0 Å². The van der Waals surface area contributed by atoms with Crippen molar-refractivity contribution in [2.24, 2.45) is 0 Å². The van der Waals surface area contributed by atoms with E-state index < -0.39 is 17.5 Å². The minimum Gasteiger partial charge on any atom is -0.507 e. The van der Waals surface area contributed by atoms with E-state index in [2.05, 4.69) is 9.97 Å². The van der Waals surface area contributed by atoms with Gasteiger partial charge in [-0.25, -0.2) is 9.97 Å². The fraction of sp³-hybridized carbons (Fsp3) is 0.200. The van der Waals surface area contributed by atoms with E-state index in [4.69, 9.17) is 11.6 Å². The van der Waals surface area contributed by atoms with Gasteiger partial charge in [-0.1, -0.05) is 11.6 Å². The molecule has 0 aliphatic heterocycles. The van der Waals surface area contributed by atoms with Crippen LogP contribution in [0.3, 0.4) is 0 Å². The van der Waals surface area contributed by atoms with Gasteiger partial charge >= 0.3 is 6.18 Å². The van der Waals surface area contributed by atoms with Crippen LogP contribution in [0.2, 0.25) is 5.15 Å². The lowest BCUT2D eigenvalue weighted by molar-refractivity contribution is -0.137. The highest BCUT2D eigenvalue weighted by Crippen LogP contribution is 2.37. The summed E-state index contributed by atoms with van der Waals surface area (Å²) in [5, 5.41) is 10.3. The zero-order chi connectivity index (χ0) is 16.8. The average Bonchev–Trinajstić information content (AvgIpc) is 2.83. The van der Waals surface area contributed by atoms with Gasteiger partial charge in [-0.15, -0.1) is 0 Å². The standard InChI is InChI=1S/C15H11ClF3N3O/c1-2-22-10-5-6-12(16)20-13(10)21-14(22)9-4-3-8(7-11(9)23)15(17,18)19/h3-7,23H,2H2,1H3. The number of hydrogen-bond acceptors (Lipinski definition) is 3. The first-order valence-electron chi connectivity index (χ1n) is 6.74. The summed E-state index contributed by atoms with van der Waals surface area (Å²) in [6.07, 6.45) is -4.52. The number of nitrogens with zero attached hydrogens (tertiary/aromatic N) is 3. The third-order valence-corrected chi connectivity index (χ3v) is 3.67. The van der Waals surface area contributed by atoms with E-state index in [1.54, 1.807) is 16.7 Å². The van der Waals surface area contributed by atoms with Crippen LogP contribution in [0.4, 0.5) is 13.2 Å². The molecule has 1 N–H and O–H groups in total. The number of aryl methyl sites for hydroxylation is 1. The molecule has 0 saturated carbocycles. The average molecular weight is 342 g/mol. The van der Waals surface area contributed by atoms with Gasteiger partial charge in [0.1, 0.15) is 16.7 Å². The van der Waals surface area contributed by atoms with Gasteiger partial charge in [0.2, 0.25) is 0 Å². The van der Waals surface area contributed by atoms with E-state index in [1.807, 2.05) is 6.92 Å². The van der Waals surface area contributed by atoms with Crippen LogP contribution < -0.4 is 0 Å². The molecule has 0 amide bonds. The Kier molecular flexibility index (Phi) is 3.68. The molecule has 23 heavy (non-hydrogen) atoms. The maximum atomic E-state index is 12.7. The Bertz CT molecular complexity index is 890. The predicted molar refractivity (Wildman–Crippen MR) is 80.3 cm³/mol. The summed E-state index contributed by atoms with van der Waals surface area (Å²) in [5.74, 6) is -0.153. The number of phenols is 1. The van der Waals surface area contributed by atoms with Crippen molar-refractivity contribution in [1.29, 1.82) is 0 Å². The van der Waals surface area contributed by atoms with Crippen molar-refractivity contribution in [3.8, 4) is 17.1 Å². The SMILES string of the molecule is CCn1c(-c2ccc(C(F)(F)F)cc2O)nc2nc(Cl)ccc21. The third kappa shape index (κ3) is 2.72. The molecule has 0 atom stereocenters. The Morgan fingerprint density at radius 1 is 1.17 bits per heavy atom. The van der Waals surface area contributed by atoms with Crippen LogP contribution in [-0.2, 0) is 12.7 Å². The molecule has 0 spiro atoms. The van der Waals surface area contributed by atoms with Gasteiger partial charge in [0, 0.05) is 6.54 Å². The molecule has 4 nitrogen and oxygen atoms in total. The number of pyridine rings is 1. The summed E-state index contributed by atoms with van der Waals surface area (Å²) in [5.41, 5.74) is 0.341. The number of alkyl halides is 3. The number of aromatic nitrogens is 3. The molecule has 120 valence electrons. The van der Waals surface area contributed by atoms with Gasteiger partial charge in [0.15, 0.2) is 5.65 Å². The number of fused-ring (bicyclic) bond motifs is 1. The second kappa shape index (κ2) is 5.42. The Labute approximate surface area is 134 Å². The largest absolute Gasteiger partial charge is 0.507 e. The molecule has 2 heterocycles. The first-order chi connectivity index (χ1) is 10.8.